The van der Waals surface area contributed by atoms with Crippen molar-refractivity contribution < 1.29 is 4.79 Å². The van der Waals surface area contributed by atoms with E-state index in [4.69, 9.17) is 0 Å². The molecule has 2 rings (SSSR count). The van der Waals surface area contributed by atoms with E-state index in [2.05, 4.69) is 24.1 Å². The van der Waals surface area contributed by atoms with E-state index in [1.807, 2.05) is 4.90 Å². The van der Waals surface area contributed by atoms with Gasteiger partial charge in [0.1, 0.15) is 0 Å². The van der Waals surface area contributed by atoms with Crippen molar-refractivity contribution >= 4 is 5.91 Å². The van der Waals surface area contributed by atoms with Gasteiger partial charge in [0.2, 0.25) is 5.91 Å². The number of likely N-dealkylation sites (tertiary alicyclic amines) is 1. The summed E-state index contributed by atoms with van der Waals surface area (Å²) in [5.74, 6) is 1.64. The van der Waals surface area contributed by atoms with E-state index >= 15 is 0 Å². The third-order valence-corrected chi connectivity index (χ3v) is 4.13. The molecular weight excluding hydrogens is 214 g/mol. The first kappa shape index (κ1) is 12.8. The number of nitrogens with one attached hydrogen (secondary N) is 1. The zero-order chi connectivity index (χ0) is 12.3. The molecule has 0 aromatic carbocycles. The minimum Gasteiger partial charge on any atom is -0.341 e. The Morgan fingerprint density at radius 1 is 1.18 bits per heavy atom. The van der Waals surface area contributed by atoms with E-state index < -0.39 is 0 Å². The topological polar surface area (TPSA) is 35.6 Å². The minimum atomic E-state index is 0.322. The zero-order valence-corrected chi connectivity index (χ0v) is 11.1. The summed E-state index contributed by atoms with van der Waals surface area (Å²) < 4.78 is 0. The molecule has 0 aliphatic carbocycles. The van der Waals surface area contributed by atoms with E-state index in [0.717, 1.165) is 45.7 Å². The lowest BCUT2D eigenvalue weighted by Crippen LogP contribution is -2.40. The lowest BCUT2D eigenvalue weighted by Gasteiger charge is -2.23. The largest absolute Gasteiger partial charge is 0.341 e. The molecule has 0 bridgehead atoms. The molecule has 2 fully saturated rings. The van der Waals surface area contributed by atoms with Crippen LogP contribution in [0.3, 0.4) is 0 Å². The summed E-state index contributed by atoms with van der Waals surface area (Å²) in [6.07, 6.45) is 1.15. The van der Waals surface area contributed by atoms with Crippen molar-refractivity contribution in [2.75, 3.05) is 45.8 Å². The van der Waals surface area contributed by atoms with Crippen LogP contribution < -0.4 is 5.32 Å². The van der Waals surface area contributed by atoms with E-state index in [0.29, 0.717) is 24.3 Å². The summed E-state index contributed by atoms with van der Waals surface area (Å²) in [5.41, 5.74) is 0. The summed E-state index contributed by atoms with van der Waals surface area (Å²) in [6, 6.07) is 0. The van der Waals surface area contributed by atoms with Crippen molar-refractivity contribution in [2.24, 2.45) is 11.8 Å². The number of carbonyl (C=O) groups is 1. The third-order valence-electron chi connectivity index (χ3n) is 4.13. The number of carbonyl (C=O) groups excluding carboxylic acids is 1. The van der Waals surface area contributed by atoms with Crippen LogP contribution in [0.1, 0.15) is 20.3 Å². The first-order valence-electron chi connectivity index (χ1n) is 6.87. The molecule has 17 heavy (non-hydrogen) atoms. The molecule has 0 saturated carbocycles. The SMILES string of the molecule is CC1CN(C(=O)CN2CCCNCC2)CC1C. The molecule has 1 N–H and O–H groups in total. The summed E-state index contributed by atoms with van der Waals surface area (Å²) in [7, 11) is 0. The Balaban J connectivity index is 1.80. The highest BCUT2D eigenvalue weighted by atomic mass is 16.2. The van der Waals surface area contributed by atoms with E-state index in [9.17, 15) is 4.79 Å². The second kappa shape index (κ2) is 5.83. The number of nitrogens with zero attached hydrogens (tertiary/aromatic N) is 2. The predicted octanol–water partition coefficient (Wildman–Crippen LogP) is 0.396. The number of hydrogen-bond donors (Lipinski definition) is 1. The van der Waals surface area contributed by atoms with Gasteiger partial charge in [-0.2, -0.15) is 0 Å². The second-order valence-corrected chi connectivity index (χ2v) is 5.63. The van der Waals surface area contributed by atoms with Crippen LogP contribution in [0.2, 0.25) is 0 Å². The fourth-order valence-electron chi connectivity index (χ4n) is 2.68. The van der Waals surface area contributed by atoms with Gasteiger partial charge in [-0.05, 0) is 31.3 Å². The summed E-state index contributed by atoms with van der Waals surface area (Å²) >= 11 is 0. The molecule has 4 nitrogen and oxygen atoms in total. The third kappa shape index (κ3) is 3.42. The van der Waals surface area contributed by atoms with Gasteiger partial charge < -0.3 is 10.2 Å². The predicted molar refractivity (Wildman–Crippen MR) is 68.8 cm³/mol. The van der Waals surface area contributed by atoms with Crippen molar-refractivity contribution in [2.45, 2.75) is 20.3 Å². The van der Waals surface area contributed by atoms with Gasteiger partial charge in [-0.15, -0.1) is 0 Å². The summed E-state index contributed by atoms with van der Waals surface area (Å²) in [5, 5.41) is 3.37. The maximum Gasteiger partial charge on any atom is 0.236 e. The van der Waals surface area contributed by atoms with Gasteiger partial charge in [-0.25, -0.2) is 0 Å². The molecular formula is C13H25N3O. The van der Waals surface area contributed by atoms with Crippen molar-refractivity contribution in [1.82, 2.24) is 15.1 Å². The average molecular weight is 239 g/mol. The monoisotopic (exact) mass is 239 g/mol. The van der Waals surface area contributed by atoms with Gasteiger partial charge in [0.05, 0.1) is 6.54 Å². The Kier molecular flexibility index (Phi) is 4.40. The number of hydrogen-bond acceptors (Lipinski definition) is 3. The molecule has 2 saturated heterocycles. The highest BCUT2D eigenvalue weighted by Gasteiger charge is 2.29. The van der Waals surface area contributed by atoms with Crippen LogP contribution in [0.25, 0.3) is 0 Å². The first-order chi connectivity index (χ1) is 8.16. The highest BCUT2D eigenvalue weighted by molar-refractivity contribution is 5.78. The average Bonchev–Trinajstić information content (AvgIpc) is 2.54. The van der Waals surface area contributed by atoms with Gasteiger partial charge in [-0.3, -0.25) is 9.69 Å². The molecule has 0 aromatic heterocycles. The normalized spacial score (nSPS) is 31.5. The number of amides is 1. The van der Waals surface area contributed by atoms with Gasteiger partial charge in [0.25, 0.3) is 0 Å². The quantitative estimate of drug-likeness (QED) is 0.757. The fraction of sp³-hybridized carbons (Fsp3) is 0.923. The van der Waals surface area contributed by atoms with Gasteiger partial charge in [0, 0.05) is 26.2 Å². The molecule has 2 aliphatic rings. The maximum atomic E-state index is 12.2. The van der Waals surface area contributed by atoms with Crippen molar-refractivity contribution in [3.63, 3.8) is 0 Å². The fourth-order valence-corrected chi connectivity index (χ4v) is 2.68. The first-order valence-corrected chi connectivity index (χ1v) is 6.87. The Hall–Kier alpha value is -0.610. The highest BCUT2D eigenvalue weighted by Crippen LogP contribution is 2.22. The molecule has 0 aromatic rings. The Bertz CT molecular complexity index is 251. The Labute approximate surface area is 104 Å². The maximum absolute atomic E-state index is 12.2. The molecule has 2 heterocycles. The van der Waals surface area contributed by atoms with E-state index in [-0.39, 0.29) is 0 Å². The van der Waals surface area contributed by atoms with Crippen molar-refractivity contribution in [1.29, 1.82) is 0 Å². The Morgan fingerprint density at radius 2 is 1.88 bits per heavy atom. The molecule has 2 aliphatic heterocycles. The Morgan fingerprint density at radius 3 is 2.59 bits per heavy atom. The van der Waals surface area contributed by atoms with Crippen LogP contribution in [0.4, 0.5) is 0 Å². The van der Waals surface area contributed by atoms with Gasteiger partial charge in [0.15, 0.2) is 0 Å². The molecule has 98 valence electrons. The van der Waals surface area contributed by atoms with Gasteiger partial charge >= 0.3 is 0 Å². The smallest absolute Gasteiger partial charge is 0.236 e. The van der Waals surface area contributed by atoms with Crippen molar-refractivity contribution in [3.8, 4) is 0 Å². The van der Waals surface area contributed by atoms with Crippen LogP contribution in [0.5, 0.6) is 0 Å². The minimum absolute atomic E-state index is 0.322. The molecule has 0 radical (unpaired) electrons. The number of rotatable bonds is 2. The van der Waals surface area contributed by atoms with E-state index in [1.54, 1.807) is 0 Å². The lowest BCUT2D eigenvalue weighted by atomic mass is 10.0. The molecule has 4 heteroatoms. The standard InChI is InChI=1S/C13H25N3O/c1-11-8-16(9-12(11)2)13(17)10-15-6-3-4-14-5-7-15/h11-12,14H,3-10H2,1-2H3. The lowest BCUT2D eigenvalue weighted by molar-refractivity contribution is -0.131. The summed E-state index contributed by atoms with van der Waals surface area (Å²) in [4.78, 5) is 16.5. The molecule has 0 spiro atoms. The van der Waals surface area contributed by atoms with Crippen molar-refractivity contribution in [3.05, 3.63) is 0 Å². The molecule has 2 unspecified atom stereocenters. The second-order valence-electron chi connectivity index (χ2n) is 5.63. The summed E-state index contributed by atoms with van der Waals surface area (Å²) in [6.45, 7) is 11.2. The van der Waals surface area contributed by atoms with Gasteiger partial charge in [-0.1, -0.05) is 13.8 Å². The zero-order valence-electron chi connectivity index (χ0n) is 11.1. The molecule has 2 atom stereocenters. The van der Waals surface area contributed by atoms with Crippen LogP contribution in [-0.4, -0.2) is 61.5 Å². The van der Waals surface area contributed by atoms with E-state index in [1.165, 1.54) is 0 Å². The van der Waals surface area contributed by atoms with Crippen LogP contribution in [0, 0.1) is 11.8 Å². The molecule has 1 amide bonds. The van der Waals surface area contributed by atoms with Crippen LogP contribution >= 0.6 is 0 Å². The van der Waals surface area contributed by atoms with Crippen LogP contribution in [-0.2, 0) is 4.79 Å². The van der Waals surface area contributed by atoms with Crippen LogP contribution in [0.15, 0.2) is 0 Å².